The van der Waals surface area contributed by atoms with Gasteiger partial charge in [0.05, 0.1) is 19.4 Å². The van der Waals surface area contributed by atoms with Gasteiger partial charge in [0, 0.05) is 6.42 Å². The molecule has 1 unspecified atom stereocenters. The molecule has 0 saturated heterocycles. The van der Waals surface area contributed by atoms with Gasteiger partial charge in [0.2, 0.25) is 0 Å². The molecule has 8 heteroatoms. The summed E-state index contributed by atoms with van der Waals surface area (Å²) in [5.41, 5.74) is -2.68. The second-order valence-corrected chi connectivity index (χ2v) is 10.5. The van der Waals surface area contributed by atoms with Gasteiger partial charge < -0.3 is 19.7 Å². The maximum absolute atomic E-state index is 12.1. The minimum absolute atomic E-state index is 0.0438. The summed E-state index contributed by atoms with van der Waals surface area (Å²) in [6.07, 6.45) is 19.6. The summed E-state index contributed by atoms with van der Waals surface area (Å²) in [5, 5.41) is 19.7. The highest BCUT2D eigenvalue weighted by Gasteiger charge is 2.42. The lowest BCUT2D eigenvalue weighted by Crippen LogP contribution is -2.43. The van der Waals surface area contributed by atoms with Crippen molar-refractivity contribution in [2.75, 3.05) is 6.61 Å². The number of carboxylic acid groups (broad SMARTS) is 1. The van der Waals surface area contributed by atoms with Crippen molar-refractivity contribution in [3.05, 3.63) is 0 Å². The number of aliphatic hydroxyl groups is 1. The first kappa shape index (κ1) is 36.0. The van der Waals surface area contributed by atoms with Crippen molar-refractivity contribution in [2.45, 2.75) is 161 Å². The number of esters is 3. The Morgan fingerprint density at radius 2 is 0.947 bits per heavy atom. The van der Waals surface area contributed by atoms with Gasteiger partial charge >= 0.3 is 23.9 Å². The third-order valence-electron chi connectivity index (χ3n) is 6.74. The molecule has 0 aliphatic carbocycles. The maximum atomic E-state index is 12.1. The largest absolute Gasteiger partial charge is 0.479 e. The minimum Gasteiger partial charge on any atom is -0.479 e. The summed E-state index contributed by atoms with van der Waals surface area (Å²) in [6, 6.07) is 0. The molecule has 0 bridgehead atoms. The smallest absolute Gasteiger partial charge is 0.336 e. The van der Waals surface area contributed by atoms with Crippen molar-refractivity contribution in [3.8, 4) is 0 Å². The monoisotopic (exact) mass is 542 g/mol. The average molecular weight is 543 g/mol. The van der Waals surface area contributed by atoms with Gasteiger partial charge in [0.1, 0.15) is 0 Å². The lowest BCUT2D eigenvalue weighted by molar-refractivity contribution is -0.175. The third kappa shape index (κ3) is 21.0. The van der Waals surface area contributed by atoms with Gasteiger partial charge in [-0.1, -0.05) is 123 Å². The highest BCUT2D eigenvalue weighted by atomic mass is 16.6. The number of carbonyl (C=O) groups is 4. The van der Waals surface area contributed by atoms with Crippen LogP contribution in [0.5, 0.6) is 0 Å². The van der Waals surface area contributed by atoms with Crippen LogP contribution in [-0.2, 0) is 28.7 Å². The van der Waals surface area contributed by atoms with Crippen molar-refractivity contribution in [3.63, 3.8) is 0 Å². The quantitative estimate of drug-likeness (QED) is 0.0677. The Kier molecular flexibility index (Phi) is 22.9. The Balaban J connectivity index is 3.95. The van der Waals surface area contributed by atoms with Crippen LogP contribution in [0.2, 0.25) is 0 Å². The first-order valence-electron chi connectivity index (χ1n) is 15.1. The summed E-state index contributed by atoms with van der Waals surface area (Å²) < 4.78 is 9.68. The van der Waals surface area contributed by atoms with Crippen LogP contribution >= 0.6 is 0 Å². The van der Waals surface area contributed by atoms with Gasteiger partial charge in [-0.15, -0.1) is 0 Å². The lowest BCUT2D eigenvalue weighted by Gasteiger charge is -2.21. The lowest BCUT2D eigenvalue weighted by atomic mass is 9.96. The van der Waals surface area contributed by atoms with Crippen molar-refractivity contribution in [1.82, 2.24) is 0 Å². The zero-order valence-electron chi connectivity index (χ0n) is 24.1. The first-order valence-corrected chi connectivity index (χ1v) is 15.1. The van der Waals surface area contributed by atoms with E-state index in [0.29, 0.717) is 12.8 Å². The number of aliphatic carboxylic acids is 1. The molecule has 8 nitrogen and oxygen atoms in total. The highest BCUT2D eigenvalue weighted by molar-refractivity contribution is 5.92. The summed E-state index contributed by atoms with van der Waals surface area (Å²) in [7, 11) is 0. The minimum atomic E-state index is -2.68. The molecule has 0 rings (SSSR count). The van der Waals surface area contributed by atoms with E-state index in [0.717, 1.165) is 44.9 Å². The molecular weight excluding hydrogens is 488 g/mol. The predicted octanol–water partition coefficient (Wildman–Crippen LogP) is 7.04. The van der Waals surface area contributed by atoms with Gasteiger partial charge in [0.25, 0.3) is 0 Å². The summed E-state index contributed by atoms with van der Waals surface area (Å²) in [6.45, 7) is 4.45. The van der Waals surface area contributed by atoms with E-state index in [1.54, 1.807) is 0 Å². The molecule has 0 saturated carbocycles. The van der Waals surface area contributed by atoms with Crippen molar-refractivity contribution in [1.29, 1.82) is 0 Å². The van der Waals surface area contributed by atoms with Crippen molar-refractivity contribution in [2.24, 2.45) is 0 Å². The van der Waals surface area contributed by atoms with Crippen LogP contribution < -0.4 is 0 Å². The molecule has 0 fully saturated rings. The standard InChI is InChI=1S/C30H54O8/c1-3-5-7-9-10-11-12-13-14-15-16-17-19-21-23-37-27(32)24-30(36,29(34)35)25-28(33)38-26(31)22-20-18-8-6-4-2/h36H,3-25H2,1-2H3,(H,34,35). The third-order valence-corrected chi connectivity index (χ3v) is 6.74. The van der Waals surface area contributed by atoms with E-state index in [9.17, 15) is 29.4 Å². The van der Waals surface area contributed by atoms with Crippen LogP contribution in [0.1, 0.15) is 155 Å². The molecule has 0 amide bonds. The van der Waals surface area contributed by atoms with Gasteiger partial charge in [-0.25, -0.2) is 4.79 Å². The molecule has 0 aromatic rings. The molecule has 0 radical (unpaired) electrons. The van der Waals surface area contributed by atoms with Crippen molar-refractivity contribution >= 4 is 23.9 Å². The fourth-order valence-corrected chi connectivity index (χ4v) is 4.31. The van der Waals surface area contributed by atoms with E-state index in [2.05, 4.69) is 18.6 Å². The van der Waals surface area contributed by atoms with Gasteiger partial charge in [-0.2, -0.15) is 0 Å². The van der Waals surface area contributed by atoms with Crippen molar-refractivity contribution < 1.29 is 38.9 Å². The molecule has 222 valence electrons. The fraction of sp³-hybridized carbons (Fsp3) is 0.867. The molecule has 0 spiro atoms. The number of ether oxygens (including phenoxy) is 2. The molecule has 2 N–H and O–H groups in total. The van der Waals surface area contributed by atoms with Gasteiger partial charge in [-0.3, -0.25) is 14.4 Å². The summed E-state index contributed by atoms with van der Waals surface area (Å²) >= 11 is 0. The topological polar surface area (TPSA) is 127 Å². The average Bonchev–Trinajstić information content (AvgIpc) is 2.85. The number of unbranched alkanes of at least 4 members (excludes halogenated alkanes) is 17. The van der Waals surface area contributed by atoms with Crippen LogP contribution in [0.4, 0.5) is 0 Å². The van der Waals surface area contributed by atoms with Crippen LogP contribution in [-0.4, -0.2) is 46.3 Å². The van der Waals surface area contributed by atoms with Crippen LogP contribution in [0.15, 0.2) is 0 Å². The molecule has 0 heterocycles. The predicted molar refractivity (Wildman–Crippen MR) is 148 cm³/mol. The van der Waals surface area contributed by atoms with E-state index in [1.165, 1.54) is 64.2 Å². The number of hydrogen-bond donors (Lipinski definition) is 2. The van der Waals surface area contributed by atoms with Crippen LogP contribution in [0, 0.1) is 0 Å². The SMILES string of the molecule is CCCCCCCCCCCCCCCCOC(=O)CC(O)(CC(=O)OC(=O)CCCCCCC)C(=O)O. The zero-order chi connectivity index (χ0) is 28.5. The maximum Gasteiger partial charge on any atom is 0.336 e. The molecule has 1 atom stereocenters. The van der Waals surface area contributed by atoms with E-state index in [1.807, 2.05) is 0 Å². The molecule has 38 heavy (non-hydrogen) atoms. The molecule has 0 aliphatic heterocycles. The van der Waals surface area contributed by atoms with Gasteiger partial charge in [0.15, 0.2) is 5.60 Å². The number of hydrogen-bond acceptors (Lipinski definition) is 7. The Bertz CT molecular complexity index is 648. The van der Waals surface area contributed by atoms with E-state index in [4.69, 9.17) is 4.74 Å². The number of carboxylic acids is 1. The molecule has 0 aromatic carbocycles. The van der Waals surface area contributed by atoms with Gasteiger partial charge in [-0.05, 0) is 12.8 Å². The molecule has 0 aliphatic rings. The zero-order valence-corrected chi connectivity index (χ0v) is 24.1. The Morgan fingerprint density at radius 1 is 0.553 bits per heavy atom. The molecule has 0 aromatic heterocycles. The highest BCUT2D eigenvalue weighted by Crippen LogP contribution is 2.19. The first-order chi connectivity index (χ1) is 18.2. The van der Waals surface area contributed by atoms with E-state index >= 15 is 0 Å². The number of rotatable bonds is 26. The fourth-order valence-electron chi connectivity index (χ4n) is 4.31. The summed E-state index contributed by atoms with van der Waals surface area (Å²) in [4.78, 5) is 47.3. The summed E-state index contributed by atoms with van der Waals surface area (Å²) in [5.74, 6) is -4.58. The Hall–Kier alpha value is -1.96. The second-order valence-electron chi connectivity index (χ2n) is 10.5. The van der Waals surface area contributed by atoms with Crippen LogP contribution in [0.25, 0.3) is 0 Å². The van der Waals surface area contributed by atoms with Crippen LogP contribution in [0.3, 0.4) is 0 Å². The number of carbonyl (C=O) groups excluding carboxylic acids is 3. The van der Waals surface area contributed by atoms with E-state index < -0.39 is 42.3 Å². The molecular formula is C30H54O8. The Labute approximate surface area is 230 Å². The normalized spacial score (nSPS) is 12.6. The van der Waals surface area contributed by atoms with E-state index in [-0.39, 0.29) is 13.0 Å². The Morgan fingerprint density at radius 3 is 1.39 bits per heavy atom. The second kappa shape index (κ2) is 24.1.